The molecular formula is C6H4O8. The molecule has 0 aliphatic heterocycles. The zero-order valence-electron chi connectivity index (χ0n) is 6.68. The van der Waals surface area contributed by atoms with Gasteiger partial charge in [-0.3, -0.25) is 0 Å². The Morgan fingerprint density at radius 1 is 0.714 bits per heavy atom. The van der Waals surface area contributed by atoms with Gasteiger partial charge in [-0.1, -0.05) is 0 Å². The van der Waals surface area contributed by atoms with Crippen molar-refractivity contribution in [3.05, 3.63) is 0 Å². The van der Waals surface area contributed by atoms with E-state index in [0.29, 0.717) is 0 Å². The van der Waals surface area contributed by atoms with Gasteiger partial charge in [-0.15, -0.1) is 0 Å². The highest BCUT2D eigenvalue weighted by atomic mass is 16.6. The van der Waals surface area contributed by atoms with Crippen molar-refractivity contribution in [3.8, 4) is 0 Å². The van der Waals surface area contributed by atoms with Crippen LogP contribution in [0.5, 0.6) is 0 Å². The van der Waals surface area contributed by atoms with Crippen molar-refractivity contribution in [1.29, 1.82) is 0 Å². The lowest BCUT2D eigenvalue weighted by Gasteiger charge is -2.00. The third-order valence-electron chi connectivity index (χ3n) is 0.883. The van der Waals surface area contributed by atoms with Crippen LogP contribution in [0.1, 0.15) is 0 Å². The van der Waals surface area contributed by atoms with Gasteiger partial charge < -0.3 is 9.47 Å². The van der Waals surface area contributed by atoms with Crippen molar-refractivity contribution in [1.82, 2.24) is 0 Å². The third-order valence-corrected chi connectivity index (χ3v) is 0.883. The van der Waals surface area contributed by atoms with Gasteiger partial charge in [-0.2, -0.15) is 0 Å². The molecule has 0 fully saturated rings. The monoisotopic (exact) mass is 204 g/mol. The molecule has 0 heterocycles. The number of carbonyl (C=O) groups excluding carboxylic acids is 4. The summed E-state index contributed by atoms with van der Waals surface area (Å²) < 4.78 is 7.88. The number of carbonyl (C=O) groups is 4. The zero-order chi connectivity index (χ0) is 11.1. The second kappa shape index (κ2) is 5.51. The Hall–Kier alpha value is -2.12. The first-order valence-electron chi connectivity index (χ1n) is 3.21. The van der Waals surface area contributed by atoms with Gasteiger partial charge in [0, 0.05) is 0 Å². The lowest BCUT2D eigenvalue weighted by molar-refractivity contribution is -0.172. The van der Waals surface area contributed by atoms with Gasteiger partial charge in [0.15, 0.2) is 0 Å². The molecule has 0 rings (SSSR count). The number of esters is 2. The third kappa shape index (κ3) is 4.70. The lowest BCUT2D eigenvalue weighted by Crippen LogP contribution is -2.21. The van der Waals surface area contributed by atoms with Crippen LogP contribution in [0.3, 0.4) is 0 Å². The molecule has 0 spiro atoms. The molecule has 8 nitrogen and oxygen atoms in total. The molecule has 0 unspecified atom stereocenters. The van der Waals surface area contributed by atoms with E-state index in [1.165, 1.54) is 0 Å². The van der Waals surface area contributed by atoms with E-state index in [0.717, 1.165) is 0 Å². The van der Waals surface area contributed by atoms with Crippen LogP contribution in [0.25, 0.3) is 0 Å². The highest BCUT2D eigenvalue weighted by Gasteiger charge is 2.17. The molecule has 0 saturated carbocycles. The number of rotatable bonds is 3. The molecule has 0 aliphatic rings. The predicted octanol–water partition coefficient (Wildman–Crippen LogP) is -2.01. The van der Waals surface area contributed by atoms with Crippen molar-refractivity contribution >= 4 is 23.9 Å². The summed E-state index contributed by atoms with van der Waals surface area (Å²) >= 11 is 0. The van der Waals surface area contributed by atoms with E-state index >= 15 is 0 Å². The summed E-state index contributed by atoms with van der Waals surface area (Å²) in [6, 6.07) is 0. The largest absolute Gasteiger partial charge is 0.462 e. The number of hydrogen-bond acceptors (Lipinski definition) is 6. The second-order valence-electron chi connectivity index (χ2n) is 1.85. The minimum absolute atomic E-state index is 0.578. The van der Waals surface area contributed by atoms with Crippen molar-refractivity contribution in [3.63, 3.8) is 0 Å². The summed E-state index contributed by atoms with van der Waals surface area (Å²) in [7, 11) is 0. The van der Waals surface area contributed by atoms with Crippen LogP contribution in [0.2, 0.25) is 0 Å². The van der Waals surface area contributed by atoms with Crippen LogP contribution < -0.4 is 0 Å². The Morgan fingerprint density at radius 2 is 1.00 bits per heavy atom. The van der Waals surface area contributed by atoms with Crippen LogP contribution in [-0.2, 0) is 38.9 Å². The Balaban J connectivity index is 3.57. The maximum atomic E-state index is 10.2. The number of ether oxygens (including phenoxy) is 2. The molecule has 0 atom stereocenters. The van der Waals surface area contributed by atoms with Gasteiger partial charge in [0.25, 0.3) is 0 Å². The molecule has 0 N–H and O–H groups in total. The molecule has 8 heteroatoms. The first kappa shape index (κ1) is 11.9. The summed E-state index contributed by atoms with van der Waals surface area (Å²) in [5.74, 6) is -7.35. The zero-order valence-corrected chi connectivity index (χ0v) is 6.68. The first-order chi connectivity index (χ1) is 6.45. The standard InChI is InChI=1S/C6H4O8/c7-3(8)5(11)13-1-2-14-6(12)4(9)10/h1-2H2. The van der Waals surface area contributed by atoms with Crippen molar-refractivity contribution in [2.45, 2.75) is 0 Å². The maximum absolute atomic E-state index is 10.2. The van der Waals surface area contributed by atoms with E-state index in [1.54, 1.807) is 0 Å². The molecule has 0 aromatic rings. The Morgan fingerprint density at radius 3 is 1.21 bits per heavy atom. The smallest absolute Gasteiger partial charge is 0.454 e. The average Bonchev–Trinajstić information content (AvgIpc) is 2.11. The van der Waals surface area contributed by atoms with E-state index in [1.807, 2.05) is 0 Å². The van der Waals surface area contributed by atoms with Crippen LogP contribution in [0.4, 0.5) is 0 Å². The average molecular weight is 204 g/mol. The molecule has 0 aromatic carbocycles. The normalized spacial score (nSPS) is 8.86. The predicted molar refractivity (Wildman–Crippen MR) is 33.3 cm³/mol. The van der Waals surface area contributed by atoms with Gasteiger partial charge in [0.1, 0.15) is 13.2 Å². The van der Waals surface area contributed by atoms with E-state index in [4.69, 9.17) is 0 Å². The molecule has 0 aliphatic carbocycles. The van der Waals surface area contributed by atoms with Gasteiger partial charge in [0.05, 0.1) is 0 Å². The van der Waals surface area contributed by atoms with Crippen molar-refractivity contribution in [2.75, 3.05) is 13.2 Å². The fourth-order valence-electron chi connectivity index (χ4n) is 0.387. The van der Waals surface area contributed by atoms with Gasteiger partial charge in [-0.05, 0) is 0 Å². The van der Waals surface area contributed by atoms with E-state index in [2.05, 4.69) is 9.47 Å². The molecular weight excluding hydrogens is 200 g/mol. The Labute approximate surface area is 77.0 Å². The summed E-state index contributed by atoms with van der Waals surface area (Å²) in [5.41, 5.74) is 0. The molecule has 0 bridgehead atoms. The molecule has 76 valence electrons. The molecule has 0 amide bonds. The topological polar surface area (TPSA) is 127 Å². The minimum Gasteiger partial charge on any atom is -0.454 e. The van der Waals surface area contributed by atoms with Crippen LogP contribution in [0, 0.1) is 0 Å². The highest BCUT2D eigenvalue weighted by Crippen LogP contribution is 1.83. The van der Waals surface area contributed by atoms with E-state index in [-0.39, 0.29) is 0 Å². The van der Waals surface area contributed by atoms with E-state index < -0.39 is 37.1 Å². The summed E-state index contributed by atoms with van der Waals surface area (Å²) in [6.45, 7) is -1.16. The first-order valence-corrected chi connectivity index (χ1v) is 3.21. The molecule has 0 aromatic heterocycles. The van der Waals surface area contributed by atoms with Crippen molar-refractivity contribution in [2.24, 2.45) is 0 Å². The Bertz CT molecular complexity index is 239. The molecule has 2 radical (unpaired) electrons. The fraction of sp³-hybridized carbons (Fsp3) is 0.333. The van der Waals surface area contributed by atoms with Crippen LogP contribution in [-0.4, -0.2) is 37.1 Å². The molecule has 14 heavy (non-hydrogen) atoms. The highest BCUT2D eigenvalue weighted by molar-refractivity contribution is 6.28. The Kier molecular flexibility index (Phi) is 4.68. The fourth-order valence-corrected chi connectivity index (χ4v) is 0.387. The van der Waals surface area contributed by atoms with Gasteiger partial charge in [0.2, 0.25) is 0 Å². The summed E-state index contributed by atoms with van der Waals surface area (Å²) in [4.78, 5) is 39.8. The summed E-state index contributed by atoms with van der Waals surface area (Å²) in [6.07, 6.45) is 0. The van der Waals surface area contributed by atoms with Crippen molar-refractivity contribution < 1.29 is 38.9 Å². The molecule has 0 saturated heterocycles. The SMILES string of the molecule is [O]C(=O)C(=O)OCCOC(=O)C([O])=O. The second-order valence-corrected chi connectivity index (χ2v) is 1.85. The lowest BCUT2D eigenvalue weighted by atomic mass is 10.6. The van der Waals surface area contributed by atoms with Gasteiger partial charge >= 0.3 is 23.9 Å². The van der Waals surface area contributed by atoms with E-state index in [9.17, 15) is 29.4 Å². The quantitative estimate of drug-likeness (QED) is 0.297. The number of hydrogen-bond donors (Lipinski definition) is 0. The van der Waals surface area contributed by atoms with Crippen LogP contribution in [0.15, 0.2) is 0 Å². The van der Waals surface area contributed by atoms with Gasteiger partial charge in [-0.25, -0.2) is 29.4 Å². The minimum atomic E-state index is -2.05. The van der Waals surface area contributed by atoms with Crippen LogP contribution >= 0.6 is 0 Å². The summed E-state index contributed by atoms with van der Waals surface area (Å²) in [5, 5.41) is 19.5. The maximum Gasteiger partial charge on any atom is 0.462 e.